The van der Waals surface area contributed by atoms with Crippen molar-refractivity contribution in [2.24, 2.45) is 0 Å². The Morgan fingerprint density at radius 1 is 1.24 bits per heavy atom. The Kier molecular flexibility index (Phi) is 7.12. The maximum atomic E-state index is 11.5. The molecule has 0 bridgehead atoms. The lowest BCUT2D eigenvalue weighted by molar-refractivity contribution is -0.123. The van der Waals surface area contributed by atoms with Crippen LogP contribution in [-0.4, -0.2) is 25.3 Å². The van der Waals surface area contributed by atoms with E-state index in [9.17, 15) is 9.59 Å². The summed E-state index contributed by atoms with van der Waals surface area (Å²) < 4.78 is 10.5. The van der Waals surface area contributed by atoms with Crippen LogP contribution < -0.4 is 4.74 Å². The van der Waals surface area contributed by atoms with Crippen molar-refractivity contribution < 1.29 is 19.1 Å². The van der Waals surface area contributed by atoms with Crippen LogP contribution in [0.3, 0.4) is 0 Å². The summed E-state index contributed by atoms with van der Waals surface area (Å²) in [5, 5.41) is 0. The van der Waals surface area contributed by atoms with Crippen molar-refractivity contribution in [3.63, 3.8) is 0 Å². The van der Waals surface area contributed by atoms with Gasteiger partial charge in [0.05, 0.1) is 26.7 Å². The first kappa shape index (κ1) is 16.9. The molecule has 1 aromatic rings. The maximum Gasteiger partial charge on any atom is 0.169 e. The average molecular weight is 288 g/mol. The summed E-state index contributed by atoms with van der Waals surface area (Å²) in [6, 6.07) is 7.60. The molecular weight excluding hydrogens is 268 g/mol. The van der Waals surface area contributed by atoms with Crippen molar-refractivity contribution in [3.05, 3.63) is 54.1 Å². The molecule has 0 heterocycles. The number of hydrogen-bond acceptors (Lipinski definition) is 4. The van der Waals surface area contributed by atoms with Crippen molar-refractivity contribution in [2.45, 2.75) is 20.0 Å². The summed E-state index contributed by atoms with van der Waals surface area (Å²) in [5.41, 5.74) is 1.36. The van der Waals surface area contributed by atoms with Gasteiger partial charge in [-0.2, -0.15) is 0 Å². The smallest absolute Gasteiger partial charge is 0.169 e. The largest absolute Gasteiger partial charge is 0.497 e. The average Bonchev–Trinajstić information content (AvgIpc) is 2.46. The molecule has 0 atom stereocenters. The predicted molar refractivity (Wildman–Crippen MR) is 81.2 cm³/mol. The van der Waals surface area contributed by atoms with E-state index < -0.39 is 0 Å². The molecule has 1 rings (SSSR count). The third kappa shape index (κ3) is 6.68. The first-order chi connectivity index (χ1) is 10.0. The van der Waals surface area contributed by atoms with Crippen molar-refractivity contribution >= 4 is 11.6 Å². The molecule has 0 unspecified atom stereocenters. The van der Waals surface area contributed by atoms with E-state index in [2.05, 4.69) is 6.58 Å². The number of benzene rings is 1. The lowest BCUT2D eigenvalue weighted by Gasteiger charge is -2.03. The number of carbonyl (C=O) groups is 2. The third-order valence-electron chi connectivity index (χ3n) is 2.73. The van der Waals surface area contributed by atoms with Gasteiger partial charge in [0.15, 0.2) is 5.78 Å². The zero-order valence-electron chi connectivity index (χ0n) is 12.4. The second-order valence-electron chi connectivity index (χ2n) is 4.59. The van der Waals surface area contributed by atoms with E-state index in [4.69, 9.17) is 9.47 Å². The fourth-order valence-corrected chi connectivity index (χ4v) is 1.59. The van der Waals surface area contributed by atoms with E-state index in [1.807, 2.05) is 24.3 Å². The molecule has 112 valence electrons. The standard InChI is InChI=1S/C17H20O4/c1-13(17(19)11-14(2)18)5-4-10-21-12-15-6-8-16(20-3)9-7-15/h4-9H,1,10-12H2,2-3H3/b5-4+. The van der Waals surface area contributed by atoms with Crippen LogP contribution in [-0.2, 0) is 20.9 Å². The Labute approximate surface area is 125 Å². The molecule has 0 saturated carbocycles. The van der Waals surface area contributed by atoms with Gasteiger partial charge in [-0.25, -0.2) is 0 Å². The summed E-state index contributed by atoms with van der Waals surface area (Å²) in [7, 11) is 1.62. The van der Waals surface area contributed by atoms with Gasteiger partial charge >= 0.3 is 0 Å². The molecule has 0 amide bonds. The highest BCUT2D eigenvalue weighted by atomic mass is 16.5. The quantitative estimate of drug-likeness (QED) is 0.303. The molecule has 1 aromatic carbocycles. The Morgan fingerprint density at radius 2 is 1.90 bits per heavy atom. The second kappa shape index (κ2) is 8.87. The van der Waals surface area contributed by atoms with Crippen molar-refractivity contribution in [1.29, 1.82) is 0 Å². The molecule has 0 aromatic heterocycles. The summed E-state index contributed by atoms with van der Waals surface area (Å²) in [5.74, 6) is 0.387. The summed E-state index contributed by atoms with van der Waals surface area (Å²) in [4.78, 5) is 22.3. The van der Waals surface area contributed by atoms with Crippen LogP contribution in [0.25, 0.3) is 0 Å². The normalized spacial score (nSPS) is 10.6. The van der Waals surface area contributed by atoms with Crippen LogP contribution in [0.15, 0.2) is 48.6 Å². The first-order valence-electron chi connectivity index (χ1n) is 6.61. The molecular formula is C17H20O4. The number of methoxy groups -OCH3 is 1. The molecule has 0 saturated heterocycles. The highest BCUT2D eigenvalue weighted by Crippen LogP contribution is 2.11. The Bertz CT molecular complexity index is 526. The van der Waals surface area contributed by atoms with Crippen LogP contribution in [0.2, 0.25) is 0 Å². The lowest BCUT2D eigenvalue weighted by Crippen LogP contribution is -2.05. The molecule has 21 heavy (non-hydrogen) atoms. The van der Waals surface area contributed by atoms with E-state index in [1.165, 1.54) is 6.92 Å². The number of Topliss-reactive ketones (excluding diaryl/α,β-unsaturated/α-hetero) is 2. The first-order valence-corrected chi connectivity index (χ1v) is 6.61. The summed E-state index contributed by atoms with van der Waals surface area (Å²) in [6.45, 7) is 5.85. The fourth-order valence-electron chi connectivity index (χ4n) is 1.59. The molecule has 0 aliphatic heterocycles. The van der Waals surface area contributed by atoms with Gasteiger partial charge in [0, 0.05) is 5.57 Å². The number of ketones is 2. The molecule has 0 aliphatic carbocycles. The molecule has 4 nitrogen and oxygen atoms in total. The van der Waals surface area contributed by atoms with Crippen LogP contribution >= 0.6 is 0 Å². The minimum atomic E-state index is -0.256. The Hall–Kier alpha value is -2.20. The van der Waals surface area contributed by atoms with Gasteiger partial charge in [-0.3, -0.25) is 9.59 Å². The zero-order valence-corrected chi connectivity index (χ0v) is 12.4. The fraction of sp³-hybridized carbons (Fsp3) is 0.294. The molecule has 0 aliphatic rings. The highest BCUT2D eigenvalue weighted by molar-refractivity contribution is 6.08. The van der Waals surface area contributed by atoms with Crippen molar-refractivity contribution in [3.8, 4) is 5.75 Å². The second-order valence-corrected chi connectivity index (χ2v) is 4.59. The van der Waals surface area contributed by atoms with Crippen LogP contribution in [0, 0.1) is 0 Å². The van der Waals surface area contributed by atoms with Crippen molar-refractivity contribution in [2.75, 3.05) is 13.7 Å². The molecule has 0 N–H and O–H groups in total. The highest BCUT2D eigenvalue weighted by Gasteiger charge is 2.06. The topological polar surface area (TPSA) is 52.6 Å². The van der Waals surface area contributed by atoms with Gasteiger partial charge in [-0.15, -0.1) is 0 Å². The third-order valence-corrected chi connectivity index (χ3v) is 2.73. The lowest BCUT2D eigenvalue weighted by atomic mass is 10.1. The Balaban J connectivity index is 2.29. The molecule has 4 heteroatoms. The van der Waals surface area contributed by atoms with E-state index in [-0.39, 0.29) is 18.0 Å². The molecule has 0 spiro atoms. The number of rotatable bonds is 9. The number of hydrogen-bond donors (Lipinski definition) is 0. The summed E-state index contributed by atoms with van der Waals surface area (Å²) in [6.07, 6.45) is 3.19. The monoisotopic (exact) mass is 288 g/mol. The van der Waals surface area contributed by atoms with Gasteiger partial charge < -0.3 is 9.47 Å². The molecule has 0 radical (unpaired) electrons. The van der Waals surface area contributed by atoms with Gasteiger partial charge in [-0.1, -0.05) is 30.9 Å². The predicted octanol–water partition coefficient (Wildman–Crippen LogP) is 2.87. The van der Waals surface area contributed by atoms with Crippen LogP contribution in [0.5, 0.6) is 5.75 Å². The zero-order chi connectivity index (χ0) is 15.7. The van der Waals surface area contributed by atoms with Crippen LogP contribution in [0.1, 0.15) is 18.9 Å². The summed E-state index contributed by atoms with van der Waals surface area (Å²) >= 11 is 0. The SMILES string of the molecule is C=C(/C=C/COCc1ccc(OC)cc1)C(=O)CC(C)=O. The van der Waals surface area contributed by atoms with Gasteiger partial charge in [0.1, 0.15) is 11.5 Å². The van der Waals surface area contributed by atoms with E-state index in [0.29, 0.717) is 18.8 Å². The van der Waals surface area contributed by atoms with E-state index >= 15 is 0 Å². The maximum absolute atomic E-state index is 11.5. The van der Waals surface area contributed by atoms with Gasteiger partial charge in [-0.05, 0) is 24.6 Å². The van der Waals surface area contributed by atoms with Crippen molar-refractivity contribution in [1.82, 2.24) is 0 Å². The van der Waals surface area contributed by atoms with E-state index in [0.717, 1.165) is 11.3 Å². The van der Waals surface area contributed by atoms with E-state index in [1.54, 1.807) is 19.3 Å². The Morgan fingerprint density at radius 3 is 2.48 bits per heavy atom. The number of allylic oxidation sites excluding steroid dienone is 2. The van der Waals surface area contributed by atoms with Gasteiger partial charge in [0.2, 0.25) is 0 Å². The number of carbonyl (C=O) groups excluding carboxylic acids is 2. The minimum Gasteiger partial charge on any atom is -0.497 e. The minimum absolute atomic E-state index is 0.101. The van der Waals surface area contributed by atoms with Gasteiger partial charge in [0.25, 0.3) is 0 Å². The van der Waals surface area contributed by atoms with Crippen LogP contribution in [0.4, 0.5) is 0 Å². The molecule has 0 fully saturated rings. The number of ether oxygens (including phenoxy) is 2.